The Kier molecular flexibility index (Phi) is 4.15. The summed E-state index contributed by atoms with van der Waals surface area (Å²) in [6, 6.07) is 13.2. The molecule has 0 aromatic heterocycles. The lowest BCUT2D eigenvalue weighted by Gasteiger charge is -2.34. The zero-order valence-corrected chi connectivity index (χ0v) is 12.0. The van der Waals surface area contributed by atoms with Crippen molar-refractivity contribution in [3.8, 4) is 0 Å². The monoisotopic (exact) mass is 302 g/mol. The molecule has 1 amide bonds. The zero-order chi connectivity index (χ0) is 15.5. The highest BCUT2D eigenvalue weighted by Crippen LogP contribution is 2.19. The number of piperazine rings is 1. The van der Waals surface area contributed by atoms with Crippen molar-refractivity contribution >= 4 is 11.6 Å². The number of hydrogen-bond donors (Lipinski definition) is 0. The van der Waals surface area contributed by atoms with E-state index in [-0.39, 0.29) is 24.6 Å². The summed E-state index contributed by atoms with van der Waals surface area (Å²) in [6.07, 6.45) is 0. The van der Waals surface area contributed by atoms with Crippen LogP contribution in [0, 0.1) is 11.6 Å². The van der Waals surface area contributed by atoms with Gasteiger partial charge in [0.1, 0.15) is 11.6 Å². The number of nitrogens with zero attached hydrogens (tertiary/aromatic N) is 2. The van der Waals surface area contributed by atoms with Crippen molar-refractivity contribution in [1.82, 2.24) is 4.90 Å². The van der Waals surface area contributed by atoms with Crippen LogP contribution in [0.3, 0.4) is 0 Å². The van der Waals surface area contributed by atoms with Gasteiger partial charge in [-0.1, -0.05) is 24.3 Å². The van der Waals surface area contributed by atoms with Gasteiger partial charge in [-0.05, 0) is 24.3 Å². The van der Waals surface area contributed by atoms with Crippen molar-refractivity contribution in [1.29, 1.82) is 0 Å². The van der Waals surface area contributed by atoms with Crippen molar-refractivity contribution in [2.24, 2.45) is 0 Å². The number of rotatable bonds is 3. The maximum atomic E-state index is 13.7. The van der Waals surface area contributed by atoms with Crippen LogP contribution in [0.4, 0.5) is 14.5 Å². The normalized spacial score (nSPS) is 16.1. The van der Waals surface area contributed by atoms with Crippen LogP contribution in [0.15, 0.2) is 48.5 Å². The fourth-order valence-corrected chi connectivity index (χ4v) is 2.64. The molecule has 1 aliphatic rings. The summed E-state index contributed by atoms with van der Waals surface area (Å²) in [4.78, 5) is 15.7. The molecule has 0 bridgehead atoms. The number of carbonyl (C=O) groups is 1. The third kappa shape index (κ3) is 2.99. The van der Waals surface area contributed by atoms with Gasteiger partial charge in [-0.2, -0.15) is 0 Å². The van der Waals surface area contributed by atoms with Gasteiger partial charge in [0.25, 0.3) is 0 Å². The molecule has 0 N–H and O–H groups in total. The van der Waals surface area contributed by atoms with Gasteiger partial charge in [0.15, 0.2) is 0 Å². The van der Waals surface area contributed by atoms with Crippen molar-refractivity contribution in [3.63, 3.8) is 0 Å². The SMILES string of the molecule is O=C1CN(Cc2c(F)cccc2F)CCN1c1ccccc1. The lowest BCUT2D eigenvalue weighted by molar-refractivity contribution is -0.121. The maximum Gasteiger partial charge on any atom is 0.241 e. The first kappa shape index (κ1) is 14.7. The first-order valence-electron chi connectivity index (χ1n) is 7.16. The molecular formula is C17H16F2N2O. The Morgan fingerprint density at radius 1 is 0.909 bits per heavy atom. The Bertz CT molecular complexity index is 655. The minimum atomic E-state index is -0.571. The van der Waals surface area contributed by atoms with Gasteiger partial charge in [0.2, 0.25) is 5.91 Å². The van der Waals surface area contributed by atoms with Crippen LogP contribution < -0.4 is 4.90 Å². The minimum absolute atomic E-state index is 0.0171. The average Bonchev–Trinajstić information content (AvgIpc) is 2.52. The number of carbonyl (C=O) groups excluding carboxylic acids is 1. The molecule has 1 fully saturated rings. The van der Waals surface area contributed by atoms with E-state index in [1.807, 2.05) is 30.3 Å². The van der Waals surface area contributed by atoms with E-state index in [9.17, 15) is 13.6 Å². The lowest BCUT2D eigenvalue weighted by Crippen LogP contribution is -2.50. The van der Waals surface area contributed by atoms with E-state index < -0.39 is 11.6 Å². The average molecular weight is 302 g/mol. The summed E-state index contributed by atoms with van der Waals surface area (Å²) in [6.45, 7) is 1.35. The molecule has 0 unspecified atom stereocenters. The second kappa shape index (κ2) is 6.23. The smallest absolute Gasteiger partial charge is 0.241 e. The minimum Gasteiger partial charge on any atom is -0.310 e. The Morgan fingerprint density at radius 3 is 2.23 bits per heavy atom. The van der Waals surface area contributed by atoms with E-state index in [1.165, 1.54) is 18.2 Å². The number of anilines is 1. The number of halogens is 2. The van der Waals surface area contributed by atoms with Crippen LogP contribution in [0.5, 0.6) is 0 Å². The van der Waals surface area contributed by atoms with E-state index in [1.54, 1.807) is 9.80 Å². The molecular weight excluding hydrogens is 286 g/mol. The molecule has 5 heteroatoms. The summed E-state index contributed by atoms with van der Waals surface area (Å²) < 4.78 is 27.4. The molecule has 2 aromatic carbocycles. The van der Waals surface area contributed by atoms with Gasteiger partial charge >= 0.3 is 0 Å². The molecule has 22 heavy (non-hydrogen) atoms. The first-order chi connectivity index (χ1) is 10.6. The number of benzene rings is 2. The Hall–Kier alpha value is -2.27. The molecule has 0 radical (unpaired) electrons. The molecule has 2 aromatic rings. The van der Waals surface area contributed by atoms with Gasteiger partial charge in [-0.25, -0.2) is 8.78 Å². The van der Waals surface area contributed by atoms with E-state index in [0.29, 0.717) is 13.1 Å². The highest BCUT2D eigenvalue weighted by molar-refractivity contribution is 5.95. The molecule has 3 nitrogen and oxygen atoms in total. The van der Waals surface area contributed by atoms with Gasteiger partial charge in [0, 0.05) is 30.9 Å². The standard InChI is InChI=1S/C17H16F2N2O/c18-15-7-4-8-16(19)14(15)11-20-9-10-21(17(22)12-20)13-5-2-1-3-6-13/h1-8H,9-12H2. The van der Waals surface area contributed by atoms with Crippen LogP contribution in [-0.4, -0.2) is 30.4 Å². The summed E-state index contributed by atoms with van der Waals surface area (Å²) >= 11 is 0. The predicted molar refractivity (Wildman–Crippen MR) is 80.4 cm³/mol. The van der Waals surface area contributed by atoms with E-state index >= 15 is 0 Å². The highest BCUT2D eigenvalue weighted by Gasteiger charge is 2.26. The Morgan fingerprint density at radius 2 is 1.59 bits per heavy atom. The van der Waals surface area contributed by atoms with Crippen molar-refractivity contribution in [3.05, 3.63) is 65.7 Å². The van der Waals surface area contributed by atoms with Crippen molar-refractivity contribution in [2.75, 3.05) is 24.5 Å². The van der Waals surface area contributed by atoms with Crippen molar-refractivity contribution < 1.29 is 13.6 Å². The quantitative estimate of drug-likeness (QED) is 0.870. The van der Waals surface area contributed by atoms with Crippen LogP contribution >= 0.6 is 0 Å². The first-order valence-corrected chi connectivity index (χ1v) is 7.16. The van der Waals surface area contributed by atoms with Crippen LogP contribution in [0.25, 0.3) is 0 Å². The molecule has 1 saturated heterocycles. The topological polar surface area (TPSA) is 23.6 Å². The summed E-state index contributed by atoms with van der Waals surface area (Å²) in [5.74, 6) is -1.20. The third-order valence-electron chi connectivity index (χ3n) is 3.81. The zero-order valence-electron chi connectivity index (χ0n) is 12.0. The van der Waals surface area contributed by atoms with Gasteiger partial charge < -0.3 is 4.90 Å². The lowest BCUT2D eigenvalue weighted by atomic mass is 10.1. The molecule has 3 rings (SSSR count). The summed E-state index contributed by atoms with van der Waals surface area (Å²) in [7, 11) is 0. The highest BCUT2D eigenvalue weighted by atomic mass is 19.1. The predicted octanol–water partition coefficient (Wildman–Crippen LogP) is 2.81. The Labute approximate surface area is 127 Å². The van der Waals surface area contributed by atoms with E-state index in [4.69, 9.17) is 0 Å². The summed E-state index contributed by atoms with van der Waals surface area (Å²) in [5, 5.41) is 0. The molecule has 114 valence electrons. The van der Waals surface area contributed by atoms with Crippen LogP contribution in [-0.2, 0) is 11.3 Å². The van der Waals surface area contributed by atoms with Crippen LogP contribution in [0.2, 0.25) is 0 Å². The maximum absolute atomic E-state index is 13.7. The molecule has 0 saturated carbocycles. The molecule has 0 spiro atoms. The third-order valence-corrected chi connectivity index (χ3v) is 3.81. The molecule has 1 heterocycles. The fourth-order valence-electron chi connectivity index (χ4n) is 2.64. The van der Waals surface area contributed by atoms with Gasteiger partial charge in [0.05, 0.1) is 6.54 Å². The van der Waals surface area contributed by atoms with Gasteiger partial charge in [-0.3, -0.25) is 9.69 Å². The molecule has 1 aliphatic heterocycles. The Balaban J connectivity index is 1.69. The van der Waals surface area contributed by atoms with E-state index in [2.05, 4.69) is 0 Å². The summed E-state index contributed by atoms with van der Waals surface area (Å²) in [5.41, 5.74) is 0.868. The number of para-hydroxylation sites is 1. The molecule has 0 atom stereocenters. The largest absolute Gasteiger partial charge is 0.310 e. The fraction of sp³-hybridized carbons (Fsp3) is 0.235. The van der Waals surface area contributed by atoms with E-state index in [0.717, 1.165) is 5.69 Å². The number of hydrogen-bond acceptors (Lipinski definition) is 2. The second-order valence-corrected chi connectivity index (χ2v) is 5.29. The van der Waals surface area contributed by atoms with Crippen LogP contribution in [0.1, 0.15) is 5.56 Å². The number of amides is 1. The molecule has 0 aliphatic carbocycles. The second-order valence-electron chi connectivity index (χ2n) is 5.29. The van der Waals surface area contributed by atoms with Gasteiger partial charge in [-0.15, -0.1) is 0 Å². The van der Waals surface area contributed by atoms with Crippen molar-refractivity contribution in [2.45, 2.75) is 6.54 Å².